The summed E-state index contributed by atoms with van der Waals surface area (Å²) in [5.74, 6) is -0.0116. The van der Waals surface area contributed by atoms with Crippen LogP contribution in [0.2, 0.25) is 0 Å². The van der Waals surface area contributed by atoms with Gasteiger partial charge in [-0.25, -0.2) is 4.39 Å². The molecule has 4 nitrogen and oxygen atoms in total. The summed E-state index contributed by atoms with van der Waals surface area (Å²) in [6.07, 6.45) is 2.64. The van der Waals surface area contributed by atoms with Gasteiger partial charge in [0.2, 0.25) is 0 Å². The van der Waals surface area contributed by atoms with Crippen molar-refractivity contribution in [1.29, 1.82) is 0 Å². The highest BCUT2D eigenvalue weighted by atomic mass is 19.1. The van der Waals surface area contributed by atoms with E-state index in [1.165, 1.54) is 0 Å². The Labute approximate surface area is 140 Å². The van der Waals surface area contributed by atoms with E-state index in [0.29, 0.717) is 41.9 Å². The molecular weight excluding hydrogens is 305 g/mol. The number of aromatic nitrogens is 1. The van der Waals surface area contributed by atoms with Crippen molar-refractivity contribution < 1.29 is 9.18 Å². The van der Waals surface area contributed by atoms with Crippen LogP contribution < -0.4 is 5.32 Å². The number of likely N-dealkylation sites (tertiary alicyclic amines) is 1. The van der Waals surface area contributed by atoms with Gasteiger partial charge < -0.3 is 10.2 Å². The molecule has 2 aromatic rings. The summed E-state index contributed by atoms with van der Waals surface area (Å²) in [5, 5.41) is 3.36. The summed E-state index contributed by atoms with van der Waals surface area (Å²) in [4.78, 5) is 19.1. The first-order chi connectivity index (χ1) is 11.6. The van der Waals surface area contributed by atoms with Crippen LogP contribution in [-0.2, 0) is 0 Å². The van der Waals surface area contributed by atoms with Gasteiger partial charge in [-0.05, 0) is 43.5 Å². The van der Waals surface area contributed by atoms with E-state index in [-0.39, 0.29) is 11.5 Å². The summed E-state index contributed by atoms with van der Waals surface area (Å²) >= 11 is 0. The summed E-state index contributed by atoms with van der Waals surface area (Å²) in [6.45, 7) is 4.06. The lowest BCUT2D eigenvalue weighted by Gasteiger charge is -2.46. The first-order valence-corrected chi connectivity index (χ1v) is 8.38. The van der Waals surface area contributed by atoms with Gasteiger partial charge in [-0.1, -0.05) is 18.2 Å². The highest BCUT2D eigenvalue weighted by molar-refractivity contribution is 6.01. The number of amides is 1. The minimum atomic E-state index is -0.438. The van der Waals surface area contributed by atoms with Crippen molar-refractivity contribution in [3.05, 3.63) is 53.5 Å². The van der Waals surface area contributed by atoms with Crippen molar-refractivity contribution in [2.24, 2.45) is 5.92 Å². The molecular formula is C19H20FN3O. The van der Waals surface area contributed by atoms with Crippen molar-refractivity contribution >= 4 is 5.91 Å². The molecule has 124 valence electrons. The van der Waals surface area contributed by atoms with Crippen molar-refractivity contribution in [3.8, 4) is 11.3 Å². The zero-order valence-electron chi connectivity index (χ0n) is 13.6. The summed E-state index contributed by atoms with van der Waals surface area (Å²) in [5.41, 5.74) is 1.81. The van der Waals surface area contributed by atoms with E-state index in [1.807, 2.05) is 12.1 Å². The fourth-order valence-corrected chi connectivity index (χ4v) is 3.59. The van der Waals surface area contributed by atoms with Crippen molar-refractivity contribution in [2.45, 2.75) is 19.4 Å². The van der Waals surface area contributed by atoms with E-state index in [1.54, 1.807) is 36.2 Å². The standard InChI is InChI=1S/C19H20FN3O/c1-12-5-6-14(15-4-2-3-8-21-15)17(18(12)20)19(24)23-9-7-13-10-22-16(13)11-23/h2-6,8,13,16,22H,7,9-11H2,1H3/t13-,16-/m0/s1. The molecule has 0 radical (unpaired) electrons. The summed E-state index contributed by atoms with van der Waals surface area (Å²) in [7, 11) is 0. The molecule has 0 unspecified atom stereocenters. The van der Waals surface area contributed by atoms with Gasteiger partial charge in [-0.2, -0.15) is 0 Å². The van der Waals surface area contributed by atoms with Gasteiger partial charge >= 0.3 is 0 Å². The van der Waals surface area contributed by atoms with Gasteiger partial charge in [0.1, 0.15) is 5.82 Å². The summed E-state index contributed by atoms with van der Waals surface area (Å²) in [6, 6.07) is 9.31. The molecule has 2 aliphatic heterocycles. The van der Waals surface area contributed by atoms with Gasteiger partial charge in [-0.15, -0.1) is 0 Å². The number of nitrogens with zero attached hydrogens (tertiary/aromatic N) is 2. The second-order valence-electron chi connectivity index (χ2n) is 6.65. The second kappa shape index (κ2) is 5.98. The Morgan fingerprint density at radius 3 is 2.88 bits per heavy atom. The molecule has 0 spiro atoms. The third kappa shape index (κ3) is 2.49. The molecule has 2 aliphatic rings. The normalized spacial score (nSPS) is 22.7. The highest BCUT2D eigenvalue weighted by Gasteiger charge is 2.38. The van der Waals surface area contributed by atoms with Crippen LogP contribution in [0.25, 0.3) is 11.3 Å². The fraction of sp³-hybridized carbons (Fsp3) is 0.368. The van der Waals surface area contributed by atoms with Crippen molar-refractivity contribution in [3.63, 3.8) is 0 Å². The number of fused-ring (bicyclic) bond motifs is 1. The lowest BCUT2D eigenvalue weighted by molar-refractivity contribution is 0.0515. The average Bonchev–Trinajstić information content (AvgIpc) is 2.58. The minimum Gasteiger partial charge on any atom is -0.337 e. The second-order valence-corrected chi connectivity index (χ2v) is 6.65. The first-order valence-electron chi connectivity index (χ1n) is 8.38. The number of carbonyl (C=O) groups excluding carboxylic acids is 1. The topological polar surface area (TPSA) is 45.2 Å². The van der Waals surface area contributed by atoms with E-state index >= 15 is 0 Å². The maximum absolute atomic E-state index is 14.9. The Morgan fingerprint density at radius 1 is 1.33 bits per heavy atom. The number of carbonyl (C=O) groups is 1. The molecule has 1 amide bonds. The molecule has 1 N–H and O–H groups in total. The minimum absolute atomic E-state index is 0.145. The number of hydrogen-bond donors (Lipinski definition) is 1. The highest BCUT2D eigenvalue weighted by Crippen LogP contribution is 2.30. The monoisotopic (exact) mass is 325 g/mol. The van der Waals surface area contributed by atoms with Crippen molar-refractivity contribution in [2.75, 3.05) is 19.6 Å². The van der Waals surface area contributed by atoms with Crippen LogP contribution in [0.15, 0.2) is 36.5 Å². The Morgan fingerprint density at radius 2 is 2.21 bits per heavy atom. The SMILES string of the molecule is Cc1ccc(-c2ccccn2)c(C(=O)N2CC[C@H]3CN[C@H]3C2)c1F. The summed E-state index contributed by atoms with van der Waals surface area (Å²) < 4.78 is 14.9. The average molecular weight is 325 g/mol. The Hall–Kier alpha value is -2.27. The zero-order valence-corrected chi connectivity index (χ0v) is 13.6. The van der Waals surface area contributed by atoms with Crippen LogP contribution in [0.4, 0.5) is 4.39 Å². The largest absolute Gasteiger partial charge is 0.337 e. The molecule has 3 heterocycles. The van der Waals surface area contributed by atoms with Gasteiger partial charge in [0.15, 0.2) is 0 Å². The van der Waals surface area contributed by atoms with Crippen molar-refractivity contribution in [1.82, 2.24) is 15.2 Å². The number of halogens is 1. The van der Waals surface area contributed by atoms with E-state index < -0.39 is 5.82 Å². The lowest BCUT2D eigenvalue weighted by Crippen LogP contribution is -2.62. The number of piperidine rings is 1. The lowest BCUT2D eigenvalue weighted by atomic mass is 9.84. The Kier molecular flexibility index (Phi) is 3.81. The van der Waals surface area contributed by atoms with Gasteiger partial charge in [-0.3, -0.25) is 9.78 Å². The third-order valence-corrected chi connectivity index (χ3v) is 5.18. The molecule has 0 aliphatic carbocycles. The van der Waals surface area contributed by atoms with Crippen LogP contribution in [-0.4, -0.2) is 41.5 Å². The fourth-order valence-electron chi connectivity index (χ4n) is 3.59. The Balaban J connectivity index is 1.73. The van der Waals surface area contributed by atoms with Crippen LogP contribution in [0.5, 0.6) is 0 Å². The molecule has 24 heavy (non-hydrogen) atoms. The maximum atomic E-state index is 14.9. The molecule has 0 saturated carbocycles. The third-order valence-electron chi connectivity index (χ3n) is 5.18. The molecule has 1 aromatic heterocycles. The molecule has 0 bridgehead atoms. The number of aryl methyl sites for hydroxylation is 1. The van der Waals surface area contributed by atoms with Crippen LogP contribution in [0.3, 0.4) is 0 Å². The Bertz CT molecular complexity index is 778. The maximum Gasteiger partial charge on any atom is 0.257 e. The van der Waals surface area contributed by atoms with Crippen LogP contribution in [0.1, 0.15) is 22.3 Å². The number of nitrogens with one attached hydrogen (secondary N) is 1. The molecule has 2 atom stereocenters. The quantitative estimate of drug-likeness (QED) is 0.923. The number of benzene rings is 1. The number of rotatable bonds is 2. The van der Waals surface area contributed by atoms with Crippen LogP contribution in [0, 0.1) is 18.7 Å². The zero-order chi connectivity index (χ0) is 16.7. The molecule has 5 heteroatoms. The van der Waals surface area contributed by atoms with Gasteiger partial charge in [0, 0.05) is 30.9 Å². The van der Waals surface area contributed by atoms with E-state index in [4.69, 9.17) is 0 Å². The van der Waals surface area contributed by atoms with E-state index in [9.17, 15) is 9.18 Å². The number of pyridine rings is 1. The van der Waals surface area contributed by atoms with E-state index in [2.05, 4.69) is 10.3 Å². The van der Waals surface area contributed by atoms with E-state index in [0.717, 1.165) is 13.0 Å². The number of hydrogen-bond acceptors (Lipinski definition) is 3. The predicted molar refractivity (Wildman–Crippen MR) is 90.2 cm³/mol. The predicted octanol–water partition coefficient (Wildman–Crippen LogP) is 2.63. The smallest absolute Gasteiger partial charge is 0.257 e. The van der Waals surface area contributed by atoms with Crippen LogP contribution >= 0.6 is 0 Å². The molecule has 1 aromatic carbocycles. The van der Waals surface area contributed by atoms with Gasteiger partial charge in [0.25, 0.3) is 5.91 Å². The first kappa shape index (κ1) is 15.3. The molecule has 2 fully saturated rings. The molecule has 2 saturated heterocycles. The molecule has 4 rings (SSSR count). The van der Waals surface area contributed by atoms with Gasteiger partial charge in [0.05, 0.1) is 11.3 Å².